The minimum absolute atomic E-state index is 0.0111. The molecule has 0 radical (unpaired) electrons. The van der Waals surface area contributed by atoms with Crippen LogP contribution in [-0.4, -0.2) is 44.7 Å². The van der Waals surface area contributed by atoms with E-state index in [0.717, 1.165) is 5.01 Å². The number of rotatable bonds is 4. The summed E-state index contributed by atoms with van der Waals surface area (Å²) < 4.78 is 13.7. The standard InChI is InChI=1S/C33H26ClFN4O6/c34-18-5-3-17(4-6-18)33-25(29(42)39(31(33)44)37-20-9-7-19(35)8-10-20)15-24-22(27(33)16-1-11-21(40)12-2-16)13-14-23-26(24)30(43)38(28(23)41)32(36)45/h1-13,23-27,37,40H,14-15H2,(H2,36,45). The van der Waals surface area contributed by atoms with E-state index in [1.165, 1.54) is 36.4 Å². The second-order valence-electron chi connectivity index (χ2n) is 11.8. The Hall–Kier alpha value is -5.03. The molecule has 2 aliphatic carbocycles. The van der Waals surface area contributed by atoms with Crippen molar-refractivity contribution in [2.24, 2.45) is 29.4 Å². The average Bonchev–Trinajstić information content (AvgIpc) is 3.40. The van der Waals surface area contributed by atoms with Gasteiger partial charge in [0.15, 0.2) is 0 Å². The molecule has 2 saturated heterocycles. The van der Waals surface area contributed by atoms with Crippen molar-refractivity contribution in [2.45, 2.75) is 24.2 Å². The van der Waals surface area contributed by atoms with E-state index in [2.05, 4.69) is 5.43 Å². The fraction of sp³-hybridized carbons (Fsp3) is 0.242. The SMILES string of the molecule is NC(=O)N1C(=O)C2CC=C3C(CC4C(=O)N(Nc5ccc(F)cc5)C(=O)C4(c4ccc(Cl)cc4)C3c3ccc(O)cc3)C2C1=O. The van der Waals surface area contributed by atoms with E-state index < -0.39 is 70.5 Å². The number of nitrogens with one attached hydrogen (secondary N) is 1. The number of hydrogen-bond acceptors (Lipinski definition) is 7. The molecule has 12 heteroatoms. The van der Waals surface area contributed by atoms with Crippen molar-refractivity contribution >= 4 is 46.9 Å². The number of aromatic hydroxyl groups is 1. The third-order valence-electron chi connectivity index (χ3n) is 9.70. The first-order valence-corrected chi connectivity index (χ1v) is 14.7. The van der Waals surface area contributed by atoms with Gasteiger partial charge >= 0.3 is 6.03 Å². The summed E-state index contributed by atoms with van der Waals surface area (Å²) in [5, 5.41) is 11.5. The topological polar surface area (TPSA) is 150 Å². The van der Waals surface area contributed by atoms with Crippen LogP contribution in [0.15, 0.2) is 84.4 Å². The second-order valence-corrected chi connectivity index (χ2v) is 12.3. The predicted molar refractivity (Wildman–Crippen MR) is 159 cm³/mol. The number of benzene rings is 3. The van der Waals surface area contributed by atoms with Crippen LogP contribution in [0.2, 0.25) is 5.02 Å². The molecule has 4 aliphatic rings. The molecule has 45 heavy (non-hydrogen) atoms. The zero-order valence-corrected chi connectivity index (χ0v) is 24.3. The molecule has 4 N–H and O–H groups in total. The van der Waals surface area contributed by atoms with E-state index in [0.29, 0.717) is 32.3 Å². The first-order valence-electron chi connectivity index (χ1n) is 14.4. The summed E-state index contributed by atoms with van der Waals surface area (Å²) in [7, 11) is 0. The Balaban J connectivity index is 1.45. The van der Waals surface area contributed by atoms with Crippen molar-refractivity contribution in [3.8, 4) is 5.75 Å². The molecular formula is C33H26ClFN4O6. The maximum Gasteiger partial charge on any atom is 0.328 e. The van der Waals surface area contributed by atoms with E-state index in [1.807, 2.05) is 6.08 Å². The molecule has 3 aromatic rings. The number of amides is 6. The Morgan fingerprint density at radius 2 is 1.58 bits per heavy atom. The number of fused-ring (bicyclic) bond motifs is 4. The smallest absolute Gasteiger partial charge is 0.328 e. The van der Waals surface area contributed by atoms with Crippen LogP contribution in [0.1, 0.15) is 29.9 Å². The first kappa shape index (κ1) is 28.7. The fourth-order valence-electron chi connectivity index (χ4n) is 7.91. The molecule has 0 bridgehead atoms. The number of urea groups is 1. The number of anilines is 1. The number of hydrazine groups is 1. The van der Waals surface area contributed by atoms with Crippen LogP contribution < -0.4 is 11.2 Å². The van der Waals surface area contributed by atoms with E-state index >= 15 is 0 Å². The number of hydrogen-bond donors (Lipinski definition) is 3. The zero-order valence-electron chi connectivity index (χ0n) is 23.5. The van der Waals surface area contributed by atoms with Gasteiger partial charge in [0, 0.05) is 10.9 Å². The third-order valence-corrected chi connectivity index (χ3v) is 9.95. The maximum absolute atomic E-state index is 14.9. The van der Waals surface area contributed by atoms with Crippen molar-refractivity contribution in [3.05, 3.63) is 106 Å². The summed E-state index contributed by atoms with van der Waals surface area (Å²) in [5.74, 6) is -7.42. The summed E-state index contributed by atoms with van der Waals surface area (Å²) in [5.41, 5.74) is 8.82. The highest BCUT2D eigenvalue weighted by Crippen LogP contribution is 2.64. The van der Waals surface area contributed by atoms with Gasteiger partial charge in [0.05, 0.1) is 28.9 Å². The number of primary amides is 1. The minimum Gasteiger partial charge on any atom is -0.508 e. The number of nitrogens with two attached hydrogens (primary N) is 1. The van der Waals surface area contributed by atoms with Crippen LogP contribution in [0.3, 0.4) is 0 Å². The van der Waals surface area contributed by atoms with Crippen LogP contribution in [0.4, 0.5) is 14.9 Å². The lowest BCUT2D eigenvalue weighted by Crippen LogP contribution is -2.53. The molecule has 0 spiro atoms. The van der Waals surface area contributed by atoms with Gasteiger partial charge in [-0.3, -0.25) is 24.6 Å². The normalized spacial score (nSPS) is 28.8. The highest BCUT2D eigenvalue weighted by atomic mass is 35.5. The van der Waals surface area contributed by atoms with Crippen molar-refractivity contribution in [1.82, 2.24) is 9.91 Å². The van der Waals surface area contributed by atoms with E-state index in [-0.39, 0.29) is 18.6 Å². The van der Waals surface area contributed by atoms with Gasteiger partial charge in [-0.2, -0.15) is 9.91 Å². The minimum atomic E-state index is -1.55. The second kappa shape index (κ2) is 10.3. The Morgan fingerprint density at radius 3 is 2.22 bits per heavy atom. The van der Waals surface area contributed by atoms with Crippen molar-refractivity contribution in [3.63, 3.8) is 0 Å². The molecule has 228 valence electrons. The van der Waals surface area contributed by atoms with Crippen LogP contribution in [-0.2, 0) is 24.6 Å². The summed E-state index contributed by atoms with van der Waals surface area (Å²) >= 11 is 6.26. The molecule has 1 saturated carbocycles. The monoisotopic (exact) mass is 628 g/mol. The largest absolute Gasteiger partial charge is 0.508 e. The number of nitrogens with zero attached hydrogens (tertiary/aromatic N) is 2. The fourth-order valence-corrected chi connectivity index (χ4v) is 8.04. The molecule has 3 fully saturated rings. The summed E-state index contributed by atoms with van der Waals surface area (Å²) in [4.78, 5) is 68.7. The summed E-state index contributed by atoms with van der Waals surface area (Å²) in [6.07, 6.45) is 1.98. The first-order chi connectivity index (χ1) is 21.5. The van der Waals surface area contributed by atoms with Gasteiger partial charge in [-0.15, -0.1) is 0 Å². The van der Waals surface area contributed by atoms with Crippen molar-refractivity contribution in [1.29, 1.82) is 0 Å². The Morgan fingerprint density at radius 1 is 0.911 bits per heavy atom. The molecule has 2 aliphatic heterocycles. The highest BCUT2D eigenvalue weighted by molar-refractivity contribution is 6.30. The molecule has 6 atom stereocenters. The average molecular weight is 629 g/mol. The van der Waals surface area contributed by atoms with Gasteiger partial charge in [-0.1, -0.05) is 47.5 Å². The molecule has 6 amide bonds. The number of phenols is 1. The third kappa shape index (κ3) is 4.10. The summed E-state index contributed by atoms with van der Waals surface area (Å²) in [6.45, 7) is 0. The van der Waals surface area contributed by atoms with Gasteiger partial charge in [-0.25, -0.2) is 9.18 Å². The number of imide groups is 4. The van der Waals surface area contributed by atoms with Crippen LogP contribution in [0.5, 0.6) is 5.75 Å². The Kier molecular flexibility index (Phi) is 6.55. The number of allylic oxidation sites excluding steroid dienone is 2. The van der Waals surface area contributed by atoms with Gasteiger partial charge in [-0.05, 0) is 78.4 Å². The van der Waals surface area contributed by atoms with Crippen molar-refractivity contribution in [2.75, 3.05) is 5.43 Å². The van der Waals surface area contributed by atoms with Gasteiger partial charge in [0.2, 0.25) is 11.8 Å². The van der Waals surface area contributed by atoms with Crippen LogP contribution in [0.25, 0.3) is 0 Å². The van der Waals surface area contributed by atoms with Crippen LogP contribution in [0, 0.1) is 29.5 Å². The number of likely N-dealkylation sites (tertiary alicyclic amines) is 1. The van der Waals surface area contributed by atoms with E-state index in [9.17, 15) is 33.5 Å². The lowest BCUT2D eigenvalue weighted by atomic mass is 9.49. The van der Waals surface area contributed by atoms with E-state index in [4.69, 9.17) is 17.3 Å². The molecular weight excluding hydrogens is 603 g/mol. The number of halogens is 2. The molecule has 7 rings (SSSR count). The lowest BCUT2D eigenvalue weighted by molar-refractivity contribution is -0.139. The lowest BCUT2D eigenvalue weighted by Gasteiger charge is -2.50. The number of phenolic OH excluding ortho intramolecular Hbond substituents is 1. The van der Waals surface area contributed by atoms with Gasteiger partial charge < -0.3 is 10.8 Å². The molecule has 2 heterocycles. The van der Waals surface area contributed by atoms with Gasteiger partial charge in [0.1, 0.15) is 11.6 Å². The van der Waals surface area contributed by atoms with Crippen molar-refractivity contribution < 1.29 is 33.5 Å². The predicted octanol–water partition coefficient (Wildman–Crippen LogP) is 4.25. The maximum atomic E-state index is 14.9. The quantitative estimate of drug-likeness (QED) is 0.289. The van der Waals surface area contributed by atoms with Gasteiger partial charge in [0.25, 0.3) is 11.8 Å². The number of carbonyl (C=O) groups excluding carboxylic acids is 5. The molecule has 3 aromatic carbocycles. The van der Waals surface area contributed by atoms with E-state index in [1.54, 1.807) is 36.4 Å². The molecule has 6 unspecified atom stereocenters. The number of carbonyl (C=O) groups is 5. The molecule has 10 nitrogen and oxygen atoms in total. The van der Waals surface area contributed by atoms with Crippen LogP contribution >= 0.6 is 11.6 Å². The highest BCUT2D eigenvalue weighted by Gasteiger charge is 2.70. The molecule has 0 aromatic heterocycles. The Labute approximate surface area is 261 Å². The zero-order chi connectivity index (χ0) is 31.8. The summed E-state index contributed by atoms with van der Waals surface area (Å²) in [6, 6.07) is 17.0. The Bertz CT molecular complexity index is 1810.